The van der Waals surface area contributed by atoms with Crippen LogP contribution in [0.5, 0.6) is 0 Å². The summed E-state index contributed by atoms with van der Waals surface area (Å²) < 4.78 is 19.2. The van der Waals surface area contributed by atoms with Crippen molar-refractivity contribution in [2.75, 3.05) is 6.61 Å². The smallest absolute Gasteiger partial charge is 0.249 e. The molecule has 144 valence electrons. The third-order valence-corrected chi connectivity index (χ3v) is 4.67. The number of amides is 1. The van der Waals surface area contributed by atoms with Gasteiger partial charge in [-0.3, -0.25) is 9.78 Å². The Morgan fingerprint density at radius 2 is 2.18 bits per heavy atom. The Morgan fingerprint density at radius 3 is 2.93 bits per heavy atom. The lowest BCUT2D eigenvalue weighted by Crippen LogP contribution is -2.38. The van der Waals surface area contributed by atoms with Crippen LogP contribution >= 0.6 is 0 Å². The van der Waals surface area contributed by atoms with Crippen LogP contribution in [0.25, 0.3) is 22.6 Å². The molecule has 3 heterocycles. The van der Waals surface area contributed by atoms with Crippen molar-refractivity contribution in [2.45, 2.75) is 31.9 Å². The molecule has 1 saturated heterocycles. The van der Waals surface area contributed by atoms with E-state index in [9.17, 15) is 9.18 Å². The van der Waals surface area contributed by atoms with E-state index in [1.54, 1.807) is 18.3 Å². The summed E-state index contributed by atoms with van der Waals surface area (Å²) in [6, 6.07) is 11.8. The van der Waals surface area contributed by atoms with Gasteiger partial charge in [-0.05, 0) is 43.5 Å². The van der Waals surface area contributed by atoms with Crippen LogP contribution in [0.15, 0.2) is 48.7 Å². The number of aromatic nitrogens is 3. The average molecular weight is 380 g/mol. The van der Waals surface area contributed by atoms with Crippen molar-refractivity contribution in [1.29, 1.82) is 0 Å². The first kappa shape index (κ1) is 18.3. The molecular formula is C21H21FN4O2. The van der Waals surface area contributed by atoms with Crippen molar-refractivity contribution < 1.29 is 13.9 Å². The quantitative estimate of drug-likeness (QED) is 0.710. The predicted molar refractivity (Wildman–Crippen MR) is 103 cm³/mol. The topological polar surface area (TPSA) is 79.9 Å². The number of hydrogen-bond acceptors (Lipinski definition) is 4. The van der Waals surface area contributed by atoms with E-state index in [0.717, 1.165) is 19.3 Å². The maximum atomic E-state index is 13.7. The van der Waals surface area contributed by atoms with Gasteiger partial charge < -0.3 is 15.0 Å². The number of rotatable bonds is 5. The summed E-state index contributed by atoms with van der Waals surface area (Å²) in [7, 11) is 0. The van der Waals surface area contributed by atoms with Crippen LogP contribution in [-0.4, -0.2) is 33.6 Å². The van der Waals surface area contributed by atoms with Crippen molar-refractivity contribution in [3.8, 4) is 22.6 Å². The van der Waals surface area contributed by atoms with Crippen LogP contribution in [0.1, 0.15) is 25.1 Å². The fraction of sp³-hybridized carbons (Fsp3) is 0.286. The molecule has 0 saturated carbocycles. The molecule has 2 aromatic heterocycles. The van der Waals surface area contributed by atoms with Crippen LogP contribution in [0, 0.1) is 5.82 Å². The van der Waals surface area contributed by atoms with Crippen LogP contribution in [0.2, 0.25) is 0 Å². The highest BCUT2D eigenvalue weighted by atomic mass is 19.1. The van der Waals surface area contributed by atoms with Crippen molar-refractivity contribution in [2.24, 2.45) is 0 Å². The van der Waals surface area contributed by atoms with Gasteiger partial charge in [0.1, 0.15) is 17.7 Å². The third kappa shape index (κ3) is 4.09. The Hall–Kier alpha value is -3.06. The van der Waals surface area contributed by atoms with Gasteiger partial charge in [0.25, 0.3) is 0 Å². The molecule has 7 heteroatoms. The van der Waals surface area contributed by atoms with Gasteiger partial charge in [0, 0.05) is 18.4 Å². The van der Waals surface area contributed by atoms with Crippen molar-refractivity contribution >= 4 is 5.91 Å². The maximum Gasteiger partial charge on any atom is 0.249 e. The lowest BCUT2D eigenvalue weighted by Gasteiger charge is -2.21. The van der Waals surface area contributed by atoms with E-state index in [4.69, 9.17) is 4.74 Å². The first-order chi connectivity index (χ1) is 13.7. The van der Waals surface area contributed by atoms with Gasteiger partial charge in [-0.15, -0.1) is 0 Å². The summed E-state index contributed by atoms with van der Waals surface area (Å²) in [6.07, 6.45) is 4.01. The standard InChI is InChI=1S/C21H21FN4O2/c22-15-7-5-6-14(12-15)19-20(16-8-1-3-10-23-16)26-18(25-19)13-24-21(27)17-9-2-4-11-28-17/h1,3,5-8,10,12,17H,2,4,9,11,13H2,(H,24,27)(H,25,26)/t17-/m1/s1. The average Bonchev–Trinajstić information content (AvgIpc) is 3.18. The lowest BCUT2D eigenvalue weighted by atomic mass is 10.1. The first-order valence-electron chi connectivity index (χ1n) is 9.36. The Kier molecular flexibility index (Phi) is 5.43. The van der Waals surface area contributed by atoms with E-state index in [0.29, 0.717) is 35.1 Å². The Bertz CT molecular complexity index is 952. The molecule has 0 spiro atoms. The van der Waals surface area contributed by atoms with E-state index in [1.807, 2.05) is 18.2 Å². The molecule has 0 bridgehead atoms. The minimum atomic E-state index is -0.401. The van der Waals surface area contributed by atoms with E-state index in [-0.39, 0.29) is 18.3 Å². The second kappa shape index (κ2) is 8.31. The molecule has 0 radical (unpaired) electrons. The second-order valence-electron chi connectivity index (χ2n) is 6.71. The molecular weight excluding hydrogens is 359 g/mol. The highest BCUT2D eigenvalue weighted by molar-refractivity contribution is 5.81. The number of H-pyrrole nitrogens is 1. The molecule has 6 nitrogen and oxygen atoms in total. The van der Waals surface area contributed by atoms with E-state index in [1.165, 1.54) is 12.1 Å². The molecule has 1 atom stereocenters. The predicted octanol–water partition coefficient (Wildman–Crippen LogP) is 3.46. The lowest BCUT2D eigenvalue weighted by molar-refractivity contribution is -0.135. The molecule has 4 rings (SSSR count). The molecule has 28 heavy (non-hydrogen) atoms. The van der Waals surface area contributed by atoms with Crippen molar-refractivity contribution in [1.82, 2.24) is 20.3 Å². The van der Waals surface area contributed by atoms with Crippen LogP contribution in [-0.2, 0) is 16.1 Å². The van der Waals surface area contributed by atoms with Gasteiger partial charge in [-0.1, -0.05) is 18.2 Å². The largest absolute Gasteiger partial charge is 0.368 e. The Morgan fingerprint density at radius 1 is 1.25 bits per heavy atom. The summed E-state index contributed by atoms with van der Waals surface area (Å²) >= 11 is 0. The van der Waals surface area contributed by atoms with E-state index < -0.39 is 6.10 Å². The zero-order valence-electron chi connectivity index (χ0n) is 15.3. The number of imidazole rings is 1. The minimum absolute atomic E-state index is 0.136. The van der Waals surface area contributed by atoms with Gasteiger partial charge in [-0.2, -0.15) is 0 Å². The highest BCUT2D eigenvalue weighted by Gasteiger charge is 2.22. The number of halogens is 1. The highest BCUT2D eigenvalue weighted by Crippen LogP contribution is 2.29. The summed E-state index contributed by atoms with van der Waals surface area (Å²) in [6.45, 7) is 0.847. The monoisotopic (exact) mass is 380 g/mol. The van der Waals surface area contributed by atoms with Gasteiger partial charge in [0.2, 0.25) is 5.91 Å². The number of carbonyl (C=O) groups excluding carboxylic acids is 1. The molecule has 1 amide bonds. The Labute approximate surface area is 162 Å². The Balaban J connectivity index is 1.59. The number of aromatic amines is 1. The van der Waals surface area contributed by atoms with Crippen LogP contribution in [0.4, 0.5) is 4.39 Å². The molecule has 1 fully saturated rings. The minimum Gasteiger partial charge on any atom is -0.368 e. The first-order valence-corrected chi connectivity index (χ1v) is 9.36. The number of pyridine rings is 1. The maximum absolute atomic E-state index is 13.7. The van der Waals surface area contributed by atoms with E-state index >= 15 is 0 Å². The number of ether oxygens (including phenoxy) is 1. The summed E-state index contributed by atoms with van der Waals surface area (Å²) in [4.78, 5) is 24.5. The van der Waals surface area contributed by atoms with Crippen molar-refractivity contribution in [3.63, 3.8) is 0 Å². The summed E-state index contributed by atoms with van der Waals surface area (Å²) in [5, 5.41) is 2.87. The molecule has 3 aromatic rings. The van der Waals surface area contributed by atoms with Crippen LogP contribution in [0.3, 0.4) is 0 Å². The molecule has 1 aliphatic rings. The third-order valence-electron chi connectivity index (χ3n) is 4.67. The molecule has 2 N–H and O–H groups in total. The van der Waals surface area contributed by atoms with Crippen molar-refractivity contribution in [3.05, 3.63) is 60.3 Å². The fourth-order valence-electron chi connectivity index (χ4n) is 3.28. The molecule has 1 aromatic carbocycles. The SMILES string of the molecule is O=C(NCc1nc(-c2cccc(F)c2)c(-c2ccccn2)[nH]1)[C@H]1CCCCO1. The summed E-state index contributed by atoms with van der Waals surface area (Å²) in [5.41, 5.74) is 2.62. The number of nitrogens with one attached hydrogen (secondary N) is 2. The zero-order valence-corrected chi connectivity index (χ0v) is 15.3. The van der Waals surface area contributed by atoms with Gasteiger partial charge in [0.05, 0.1) is 23.6 Å². The van der Waals surface area contributed by atoms with E-state index in [2.05, 4.69) is 20.3 Å². The molecule has 0 aliphatic carbocycles. The van der Waals surface area contributed by atoms with Gasteiger partial charge >= 0.3 is 0 Å². The summed E-state index contributed by atoms with van der Waals surface area (Å²) in [5.74, 6) is 0.101. The van der Waals surface area contributed by atoms with Crippen LogP contribution < -0.4 is 5.32 Å². The zero-order chi connectivity index (χ0) is 19.3. The molecule has 0 unspecified atom stereocenters. The number of hydrogen-bond donors (Lipinski definition) is 2. The van der Waals surface area contributed by atoms with Gasteiger partial charge in [-0.25, -0.2) is 9.37 Å². The van der Waals surface area contributed by atoms with Gasteiger partial charge in [0.15, 0.2) is 0 Å². The number of benzene rings is 1. The number of nitrogens with zero attached hydrogens (tertiary/aromatic N) is 2. The second-order valence-corrected chi connectivity index (χ2v) is 6.71. The molecule has 1 aliphatic heterocycles. The normalized spacial score (nSPS) is 16.7. The number of carbonyl (C=O) groups is 1. The fourth-order valence-corrected chi connectivity index (χ4v) is 3.28.